The first-order valence-electron chi connectivity index (χ1n) is 7.06. The summed E-state index contributed by atoms with van der Waals surface area (Å²) in [5, 5.41) is 3.65. The first-order chi connectivity index (χ1) is 10.4. The van der Waals surface area contributed by atoms with Crippen molar-refractivity contribution in [2.24, 2.45) is 5.10 Å². The minimum atomic E-state index is -0.907. The number of nitrogens with one attached hydrogen (secondary N) is 1. The molecule has 1 N–H and O–H groups in total. The molecular weight excluding hydrogens is 284 g/mol. The predicted octanol–water partition coefficient (Wildman–Crippen LogP) is 1.68. The van der Waals surface area contributed by atoms with Gasteiger partial charge in [-0.15, -0.1) is 0 Å². The van der Waals surface area contributed by atoms with E-state index < -0.39 is 12.1 Å². The second-order valence-electron chi connectivity index (χ2n) is 5.30. The minimum Gasteiger partial charge on any atom is -0.450 e. The molecule has 0 spiro atoms. The molecule has 1 aliphatic rings. The molecule has 116 valence electrons. The van der Waals surface area contributed by atoms with Crippen LogP contribution in [0, 0.1) is 13.8 Å². The van der Waals surface area contributed by atoms with Crippen LogP contribution in [0.25, 0.3) is 0 Å². The van der Waals surface area contributed by atoms with E-state index in [2.05, 4.69) is 10.5 Å². The van der Waals surface area contributed by atoms with E-state index >= 15 is 0 Å². The first kappa shape index (κ1) is 15.9. The summed E-state index contributed by atoms with van der Waals surface area (Å²) in [6.45, 7) is 5.40. The number of hydrogen-bond acceptors (Lipinski definition) is 5. The molecule has 0 radical (unpaired) electrons. The van der Waals surface area contributed by atoms with Crippen molar-refractivity contribution < 1.29 is 19.1 Å². The van der Waals surface area contributed by atoms with Crippen LogP contribution >= 0.6 is 0 Å². The maximum absolute atomic E-state index is 12.3. The van der Waals surface area contributed by atoms with Crippen molar-refractivity contribution in [1.29, 1.82) is 0 Å². The summed E-state index contributed by atoms with van der Waals surface area (Å²) >= 11 is 0. The van der Waals surface area contributed by atoms with Crippen LogP contribution in [0.15, 0.2) is 23.3 Å². The van der Waals surface area contributed by atoms with Crippen LogP contribution in [0.5, 0.6) is 0 Å². The number of nitrogens with zero attached hydrogens (tertiary/aromatic N) is 1. The number of ketones is 1. The van der Waals surface area contributed by atoms with E-state index in [1.54, 1.807) is 12.1 Å². The Bertz CT molecular complexity index is 664. The Morgan fingerprint density at radius 2 is 1.95 bits per heavy atom. The molecule has 1 heterocycles. The van der Waals surface area contributed by atoms with Crippen LogP contribution in [0.4, 0.5) is 0 Å². The first-order valence-corrected chi connectivity index (χ1v) is 7.06. The molecule has 1 amide bonds. The summed E-state index contributed by atoms with van der Waals surface area (Å²) in [5.41, 5.74) is 4.95. The Hall–Kier alpha value is -2.50. The molecular formula is C16H18N2O4. The second kappa shape index (κ2) is 6.51. The zero-order valence-electron chi connectivity index (χ0n) is 12.8. The normalized spacial score (nSPS) is 15.6. The zero-order valence-corrected chi connectivity index (χ0v) is 12.8. The predicted molar refractivity (Wildman–Crippen MR) is 80.6 cm³/mol. The Kier molecular flexibility index (Phi) is 4.70. The SMILES string of the molecule is Cc1ccc(C(=O)[C@H](C)OC(=O)C2=NNC(=O)CC2)cc1C. The fourth-order valence-corrected chi connectivity index (χ4v) is 2.03. The van der Waals surface area contributed by atoms with Gasteiger partial charge in [0.1, 0.15) is 5.71 Å². The lowest BCUT2D eigenvalue weighted by molar-refractivity contribution is -0.138. The molecule has 0 aromatic heterocycles. The van der Waals surface area contributed by atoms with E-state index in [0.29, 0.717) is 5.56 Å². The highest BCUT2D eigenvalue weighted by Gasteiger charge is 2.25. The number of rotatable bonds is 4. The third kappa shape index (κ3) is 3.58. The van der Waals surface area contributed by atoms with Gasteiger partial charge in [0.2, 0.25) is 11.7 Å². The molecule has 0 aliphatic carbocycles. The van der Waals surface area contributed by atoms with E-state index in [4.69, 9.17) is 4.74 Å². The Balaban J connectivity index is 2.03. The van der Waals surface area contributed by atoms with Gasteiger partial charge in [0.05, 0.1) is 0 Å². The lowest BCUT2D eigenvalue weighted by atomic mass is 10.0. The number of aryl methyl sites for hydroxylation is 2. The fraction of sp³-hybridized carbons (Fsp3) is 0.375. The number of Topliss-reactive ketones (excluding diaryl/α,β-unsaturated/α-hetero) is 1. The Labute approximate surface area is 128 Å². The van der Waals surface area contributed by atoms with E-state index in [9.17, 15) is 14.4 Å². The van der Waals surface area contributed by atoms with Crippen molar-refractivity contribution in [3.63, 3.8) is 0 Å². The molecule has 2 rings (SSSR count). The molecule has 0 saturated carbocycles. The van der Waals surface area contributed by atoms with Gasteiger partial charge >= 0.3 is 5.97 Å². The minimum absolute atomic E-state index is 0.124. The number of carbonyl (C=O) groups excluding carboxylic acids is 3. The molecule has 1 aromatic rings. The maximum Gasteiger partial charge on any atom is 0.355 e. The number of ether oxygens (including phenoxy) is 1. The van der Waals surface area contributed by atoms with Crippen LogP contribution in [-0.2, 0) is 14.3 Å². The number of esters is 1. The maximum atomic E-state index is 12.3. The average Bonchev–Trinajstić information content (AvgIpc) is 2.49. The fourth-order valence-electron chi connectivity index (χ4n) is 2.03. The highest BCUT2D eigenvalue weighted by atomic mass is 16.5. The summed E-state index contributed by atoms with van der Waals surface area (Å²) in [5.74, 6) is -1.18. The van der Waals surface area contributed by atoms with Crippen LogP contribution in [-0.4, -0.2) is 29.5 Å². The Morgan fingerprint density at radius 1 is 1.23 bits per heavy atom. The van der Waals surface area contributed by atoms with Crippen molar-refractivity contribution in [2.45, 2.75) is 39.7 Å². The molecule has 6 nitrogen and oxygen atoms in total. The number of hydrogen-bond donors (Lipinski definition) is 1. The van der Waals surface area contributed by atoms with E-state index in [-0.39, 0.29) is 30.2 Å². The van der Waals surface area contributed by atoms with Gasteiger partial charge in [0.25, 0.3) is 0 Å². The van der Waals surface area contributed by atoms with Gasteiger partial charge in [-0.3, -0.25) is 9.59 Å². The van der Waals surface area contributed by atoms with Gasteiger partial charge in [0.15, 0.2) is 6.10 Å². The summed E-state index contributed by atoms with van der Waals surface area (Å²) in [6, 6.07) is 5.35. The van der Waals surface area contributed by atoms with Crippen molar-refractivity contribution >= 4 is 23.4 Å². The lowest BCUT2D eigenvalue weighted by Crippen LogP contribution is -2.34. The molecule has 0 bridgehead atoms. The third-order valence-corrected chi connectivity index (χ3v) is 3.58. The Morgan fingerprint density at radius 3 is 2.55 bits per heavy atom. The topological polar surface area (TPSA) is 84.8 Å². The lowest BCUT2D eigenvalue weighted by Gasteiger charge is -2.15. The van der Waals surface area contributed by atoms with Crippen LogP contribution in [0.2, 0.25) is 0 Å². The van der Waals surface area contributed by atoms with Gasteiger partial charge in [-0.05, 0) is 38.0 Å². The van der Waals surface area contributed by atoms with E-state index in [1.165, 1.54) is 6.92 Å². The molecule has 0 fully saturated rings. The van der Waals surface area contributed by atoms with Gasteiger partial charge < -0.3 is 4.74 Å². The second-order valence-corrected chi connectivity index (χ2v) is 5.30. The monoisotopic (exact) mass is 302 g/mol. The van der Waals surface area contributed by atoms with Crippen molar-refractivity contribution in [2.75, 3.05) is 0 Å². The summed E-state index contributed by atoms with van der Waals surface area (Å²) < 4.78 is 5.14. The van der Waals surface area contributed by atoms with E-state index in [0.717, 1.165) is 11.1 Å². The molecule has 1 aliphatic heterocycles. The number of carbonyl (C=O) groups is 3. The molecule has 0 saturated heterocycles. The van der Waals surface area contributed by atoms with Crippen LogP contribution in [0.3, 0.4) is 0 Å². The number of benzene rings is 1. The van der Waals surface area contributed by atoms with Gasteiger partial charge in [-0.1, -0.05) is 12.1 Å². The van der Waals surface area contributed by atoms with Crippen LogP contribution in [0.1, 0.15) is 41.3 Å². The van der Waals surface area contributed by atoms with E-state index in [1.807, 2.05) is 19.9 Å². The van der Waals surface area contributed by atoms with Crippen molar-refractivity contribution in [1.82, 2.24) is 5.43 Å². The standard InChI is InChI=1S/C16H18N2O4/c1-9-4-5-12(8-10(9)2)15(20)11(3)22-16(21)13-6-7-14(19)18-17-13/h4-5,8,11H,6-7H2,1-3H3,(H,18,19)/t11-/m0/s1. The quantitative estimate of drug-likeness (QED) is 0.677. The summed E-state index contributed by atoms with van der Waals surface area (Å²) in [4.78, 5) is 35.2. The molecule has 1 atom stereocenters. The number of hydrazone groups is 1. The molecule has 1 aromatic carbocycles. The highest BCUT2D eigenvalue weighted by molar-refractivity contribution is 6.37. The van der Waals surface area contributed by atoms with Crippen molar-refractivity contribution in [3.8, 4) is 0 Å². The summed E-state index contributed by atoms with van der Waals surface area (Å²) in [7, 11) is 0. The molecule has 6 heteroatoms. The molecule has 22 heavy (non-hydrogen) atoms. The van der Waals surface area contributed by atoms with Gasteiger partial charge in [0, 0.05) is 18.4 Å². The number of amides is 1. The van der Waals surface area contributed by atoms with Gasteiger partial charge in [-0.2, -0.15) is 5.10 Å². The third-order valence-electron chi connectivity index (χ3n) is 3.58. The van der Waals surface area contributed by atoms with Crippen LogP contribution < -0.4 is 5.43 Å². The zero-order chi connectivity index (χ0) is 16.3. The van der Waals surface area contributed by atoms with Gasteiger partial charge in [-0.25, -0.2) is 10.2 Å². The largest absolute Gasteiger partial charge is 0.450 e. The average molecular weight is 302 g/mol. The highest BCUT2D eigenvalue weighted by Crippen LogP contribution is 2.13. The van der Waals surface area contributed by atoms with Crippen molar-refractivity contribution in [3.05, 3.63) is 34.9 Å². The summed E-state index contributed by atoms with van der Waals surface area (Å²) in [6.07, 6.45) is -0.502. The smallest absolute Gasteiger partial charge is 0.355 e. The molecule has 0 unspecified atom stereocenters.